The Bertz CT molecular complexity index is 531. The number of rotatable bonds is 3. The molecule has 1 saturated carbocycles. The van der Waals surface area contributed by atoms with Crippen molar-refractivity contribution in [2.24, 2.45) is 10.4 Å². The third kappa shape index (κ3) is 5.22. The maximum absolute atomic E-state index is 5.31. The first-order valence-corrected chi connectivity index (χ1v) is 8.50. The normalized spacial score (nSPS) is 19.7. The van der Waals surface area contributed by atoms with Gasteiger partial charge in [0.2, 0.25) is 5.89 Å². The summed E-state index contributed by atoms with van der Waals surface area (Å²) in [5, 5.41) is 10.8. The van der Waals surface area contributed by atoms with Crippen LogP contribution in [-0.2, 0) is 12.0 Å². The second kappa shape index (κ2) is 6.89. The Labute approximate surface area is 139 Å². The van der Waals surface area contributed by atoms with E-state index in [2.05, 4.69) is 60.4 Å². The average molecular weight is 321 g/mol. The molecule has 1 aliphatic carbocycles. The first-order valence-electron chi connectivity index (χ1n) is 8.50. The van der Waals surface area contributed by atoms with Crippen molar-refractivity contribution in [2.45, 2.75) is 78.3 Å². The van der Waals surface area contributed by atoms with E-state index in [1.165, 1.54) is 25.7 Å². The molecule has 0 bridgehead atoms. The third-order valence-corrected chi connectivity index (χ3v) is 4.43. The molecule has 23 heavy (non-hydrogen) atoms. The Morgan fingerprint density at radius 1 is 1.30 bits per heavy atom. The molecule has 0 aliphatic heterocycles. The van der Waals surface area contributed by atoms with Crippen molar-refractivity contribution in [3.63, 3.8) is 0 Å². The van der Waals surface area contributed by atoms with Crippen LogP contribution in [0.1, 0.15) is 72.0 Å². The highest BCUT2D eigenvalue weighted by molar-refractivity contribution is 5.79. The molecule has 6 heteroatoms. The zero-order valence-electron chi connectivity index (χ0n) is 15.4. The third-order valence-electron chi connectivity index (χ3n) is 4.43. The molecule has 6 nitrogen and oxygen atoms in total. The highest BCUT2D eigenvalue weighted by atomic mass is 16.5. The number of aliphatic imine (C=N–C) groups is 1. The monoisotopic (exact) mass is 321 g/mol. The highest BCUT2D eigenvalue weighted by Gasteiger charge is 2.27. The second-order valence-electron chi connectivity index (χ2n) is 8.27. The molecule has 0 unspecified atom stereocenters. The molecule has 2 rings (SSSR count). The van der Waals surface area contributed by atoms with Crippen LogP contribution in [0.3, 0.4) is 0 Å². The predicted octanol–water partition coefficient (Wildman–Crippen LogP) is 3.00. The van der Waals surface area contributed by atoms with Crippen molar-refractivity contribution in [1.29, 1.82) is 0 Å². The minimum atomic E-state index is -0.125. The lowest BCUT2D eigenvalue weighted by molar-refractivity contribution is 0.216. The van der Waals surface area contributed by atoms with E-state index in [-0.39, 0.29) is 5.41 Å². The van der Waals surface area contributed by atoms with Gasteiger partial charge in [0.15, 0.2) is 11.8 Å². The molecule has 0 aromatic carbocycles. The Kier molecular flexibility index (Phi) is 5.32. The average Bonchev–Trinajstić information content (AvgIpc) is 2.94. The fourth-order valence-electron chi connectivity index (χ4n) is 2.72. The molecule has 0 spiro atoms. The Morgan fingerprint density at radius 2 is 1.96 bits per heavy atom. The molecule has 130 valence electrons. The van der Waals surface area contributed by atoms with Crippen LogP contribution in [0.4, 0.5) is 0 Å². The summed E-state index contributed by atoms with van der Waals surface area (Å²) in [6.45, 7) is 11.4. The van der Waals surface area contributed by atoms with E-state index in [0.717, 1.165) is 5.96 Å². The fourth-order valence-corrected chi connectivity index (χ4v) is 2.72. The summed E-state index contributed by atoms with van der Waals surface area (Å²) in [5.74, 6) is 2.12. The summed E-state index contributed by atoms with van der Waals surface area (Å²) in [7, 11) is 1.79. The maximum Gasteiger partial charge on any atom is 0.232 e. The largest absolute Gasteiger partial charge is 0.354 e. The van der Waals surface area contributed by atoms with E-state index >= 15 is 0 Å². The zero-order chi connectivity index (χ0) is 17.1. The smallest absolute Gasteiger partial charge is 0.232 e. The van der Waals surface area contributed by atoms with E-state index in [4.69, 9.17) is 4.52 Å². The Balaban J connectivity index is 1.83. The molecular weight excluding hydrogens is 290 g/mol. The van der Waals surface area contributed by atoms with E-state index in [1.807, 2.05) is 0 Å². The molecule has 1 aromatic rings. The van der Waals surface area contributed by atoms with Crippen LogP contribution in [0.15, 0.2) is 9.52 Å². The summed E-state index contributed by atoms with van der Waals surface area (Å²) in [4.78, 5) is 8.73. The second-order valence-corrected chi connectivity index (χ2v) is 8.27. The Morgan fingerprint density at radius 3 is 2.48 bits per heavy atom. The number of guanidine groups is 1. The van der Waals surface area contributed by atoms with Gasteiger partial charge >= 0.3 is 0 Å². The van der Waals surface area contributed by atoms with Crippen LogP contribution in [0.25, 0.3) is 0 Å². The standard InChI is InChI=1S/C17H31N5O/c1-16(2,3)14-21-13(22-23-14)11-19-15(18-6)20-12-7-9-17(4,5)10-8-12/h12H,7-11H2,1-6H3,(H2,18,19,20). The van der Waals surface area contributed by atoms with Crippen LogP contribution in [-0.4, -0.2) is 29.2 Å². The van der Waals surface area contributed by atoms with Crippen LogP contribution in [0.5, 0.6) is 0 Å². The van der Waals surface area contributed by atoms with Crippen molar-refractivity contribution in [3.8, 4) is 0 Å². The van der Waals surface area contributed by atoms with Crippen molar-refractivity contribution in [3.05, 3.63) is 11.7 Å². The van der Waals surface area contributed by atoms with Gasteiger partial charge in [0, 0.05) is 18.5 Å². The molecule has 0 radical (unpaired) electrons. The van der Waals surface area contributed by atoms with Crippen LogP contribution in [0.2, 0.25) is 0 Å². The van der Waals surface area contributed by atoms with Gasteiger partial charge in [0.1, 0.15) is 0 Å². The van der Waals surface area contributed by atoms with Gasteiger partial charge < -0.3 is 15.2 Å². The van der Waals surface area contributed by atoms with Gasteiger partial charge in [-0.1, -0.05) is 39.8 Å². The van der Waals surface area contributed by atoms with Crippen molar-refractivity contribution in [2.75, 3.05) is 7.05 Å². The maximum atomic E-state index is 5.31. The van der Waals surface area contributed by atoms with E-state index in [9.17, 15) is 0 Å². The SMILES string of the molecule is CN=C(NCc1noc(C(C)(C)C)n1)NC1CCC(C)(C)CC1. The number of hydrogen-bond acceptors (Lipinski definition) is 4. The van der Waals surface area contributed by atoms with E-state index in [1.54, 1.807) is 7.05 Å². The summed E-state index contributed by atoms with van der Waals surface area (Å²) in [5.41, 5.74) is 0.350. The minimum Gasteiger partial charge on any atom is -0.354 e. The summed E-state index contributed by atoms with van der Waals surface area (Å²) in [6.07, 6.45) is 4.87. The van der Waals surface area contributed by atoms with Crippen LogP contribution in [0, 0.1) is 5.41 Å². The van der Waals surface area contributed by atoms with Gasteiger partial charge in [-0.15, -0.1) is 0 Å². The molecule has 1 fully saturated rings. The predicted molar refractivity (Wildman–Crippen MR) is 92.4 cm³/mol. The lowest BCUT2D eigenvalue weighted by Gasteiger charge is -2.35. The lowest BCUT2D eigenvalue weighted by atomic mass is 9.75. The number of nitrogens with one attached hydrogen (secondary N) is 2. The quantitative estimate of drug-likeness (QED) is 0.661. The van der Waals surface area contributed by atoms with E-state index < -0.39 is 0 Å². The topological polar surface area (TPSA) is 75.3 Å². The van der Waals surface area contributed by atoms with Gasteiger partial charge in [-0.2, -0.15) is 4.98 Å². The lowest BCUT2D eigenvalue weighted by Crippen LogP contribution is -2.45. The molecule has 1 heterocycles. The molecule has 0 saturated heterocycles. The number of hydrogen-bond donors (Lipinski definition) is 2. The minimum absolute atomic E-state index is 0.125. The van der Waals surface area contributed by atoms with Gasteiger partial charge in [-0.25, -0.2) is 0 Å². The number of aromatic nitrogens is 2. The first kappa shape index (κ1) is 17.8. The molecule has 2 N–H and O–H groups in total. The Hall–Kier alpha value is -1.59. The van der Waals surface area contributed by atoms with E-state index in [0.29, 0.717) is 29.7 Å². The molecule has 1 aromatic heterocycles. The molecule has 0 amide bonds. The van der Waals surface area contributed by atoms with Gasteiger partial charge in [0.05, 0.1) is 6.54 Å². The van der Waals surface area contributed by atoms with Gasteiger partial charge in [-0.3, -0.25) is 4.99 Å². The van der Waals surface area contributed by atoms with Gasteiger partial charge in [0.25, 0.3) is 0 Å². The summed E-state index contributed by atoms with van der Waals surface area (Å²) >= 11 is 0. The molecule has 1 aliphatic rings. The first-order chi connectivity index (χ1) is 10.7. The summed E-state index contributed by atoms with van der Waals surface area (Å²) < 4.78 is 5.31. The van der Waals surface area contributed by atoms with Crippen LogP contribution >= 0.6 is 0 Å². The molecular formula is C17H31N5O. The van der Waals surface area contributed by atoms with Crippen molar-refractivity contribution < 1.29 is 4.52 Å². The van der Waals surface area contributed by atoms with Gasteiger partial charge in [-0.05, 0) is 31.1 Å². The fraction of sp³-hybridized carbons (Fsp3) is 0.824. The molecule has 0 atom stereocenters. The van der Waals surface area contributed by atoms with Crippen LogP contribution < -0.4 is 10.6 Å². The van der Waals surface area contributed by atoms with Crippen molar-refractivity contribution >= 4 is 5.96 Å². The number of nitrogens with zero attached hydrogens (tertiary/aromatic N) is 3. The zero-order valence-corrected chi connectivity index (χ0v) is 15.4. The summed E-state index contributed by atoms with van der Waals surface area (Å²) in [6, 6.07) is 0.490. The highest BCUT2D eigenvalue weighted by Crippen LogP contribution is 2.34. The van der Waals surface area contributed by atoms with Crippen molar-refractivity contribution in [1.82, 2.24) is 20.8 Å².